The molecule has 0 spiro atoms. The van der Waals surface area contributed by atoms with Crippen molar-refractivity contribution in [3.05, 3.63) is 82.2 Å². The summed E-state index contributed by atoms with van der Waals surface area (Å²) in [6, 6.07) is 16.1. The Balaban J connectivity index is 1.68. The van der Waals surface area contributed by atoms with Crippen LogP contribution in [0.1, 0.15) is 29.8 Å². The van der Waals surface area contributed by atoms with E-state index in [1.165, 1.54) is 31.4 Å². The largest absolute Gasteiger partial charge is 0.495 e. The maximum absolute atomic E-state index is 12.8. The number of rotatable bonds is 7. The van der Waals surface area contributed by atoms with Crippen molar-refractivity contribution >= 4 is 37.7 Å². The summed E-state index contributed by atoms with van der Waals surface area (Å²) < 4.78 is 43.8. The van der Waals surface area contributed by atoms with E-state index < -0.39 is 21.6 Å². The van der Waals surface area contributed by atoms with Crippen LogP contribution in [0.4, 0.5) is 0 Å². The van der Waals surface area contributed by atoms with Gasteiger partial charge in [0.15, 0.2) is 0 Å². The Bertz CT molecular complexity index is 1560. The second-order valence-electron chi connectivity index (χ2n) is 7.97. The predicted octanol–water partition coefficient (Wildman–Crippen LogP) is 4.00. The Morgan fingerprint density at radius 3 is 2.56 bits per heavy atom. The number of nitrogens with one attached hydrogen (secondary N) is 1. The summed E-state index contributed by atoms with van der Waals surface area (Å²) in [6.07, 6.45) is 0. The summed E-state index contributed by atoms with van der Waals surface area (Å²) >= 11 is 0. The van der Waals surface area contributed by atoms with E-state index in [1.54, 1.807) is 19.9 Å². The summed E-state index contributed by atoms with van der Waals surface area (Å²) in [5.41, 5.74) is 0.336. The van der Waals surface area contributed by atoms with Gasteiger partial charge in [-0.15, -0.1) is 0 Å². The van der Waals surface area contributed by atoms with Crippen molar-refractivity contribution in [1.29, 1.82) is 0 Å². The standard InChI is InChI=1S/C25H23NO7S/c1-15(2)26-34(29,30)22-12-17(9-10-20(22)31-3)25(28)32-14-18-13-23(27)33-21-11-8-16-6-4-5-7-19(16)24(18)21/h4-13,15,26H,14H2,1-3H3. The summed E-state index contributed by atoms with van der Waals surface area (Å²) in [5.74, 6) is -0.645. The van der Waals surface area contributed by atoms with Crippen LogP contribution in [0.15, 0.2) is 74.8 Å². The molecule has 0 saturated carbocycles. The number of hydrogen-bond donors (Lipinski definition) is 1. The highest BCUT2D eigenvalue weighted by atomic mass is 32.2. The van der Waals surface area contributed by atoms with Crippen LogP contribution in [-0.4, -0.2) is 27.5 Å². The zero-order valence-electron chi connectivity index (χ0n) is 18.8. The maximum Gasteiger partial charge on any atom is 0.338 e. The van der Waals surface area contributed by atoms with E-state index in [9.17, 15) is 18.0 Å². The molecule has 0 bridgehead atoms. The fraction of sp³-hybridized carbons (Fsp3) is 0.200. The number of carbonyl (C=O) groups excluding carboxylic acids is 1. The third-order valence-electron chi connectivity index (χ3n) is 5.15. The number of sulfonamides is 1. The number of fused-ring (bicyclic) bond motifs is 3. The Morgan fingerprint density at radius 2 is 1.82 bits per heavy atom. The first-order valence-electron chi connectivity index (χ1n) is 10.5. The Kier molecular flexibility index (Phi) is 6.41. The summed E-state index contributed by atoms with van der Waals surface area (Å²) in [4.78, 5) is 24.7. The van der Waals surface area contributed by atoms with Gasteiger partial charge >= 0.3 is 11.6 Å². The first-order chi connectivity index (χ1) is 16.2. The van der Waals surface area contributed by atoms with Gasteiger partial charge in [0.1, 0.15) is 22.8 Å². The average molecular weight is 482 g/mol. The number of ether oxygens (including phenoxy) is 2. The molecule has 0 aliphatic carbocycles. The van der Waals surface area contributed by atoms with Crippen LogP contribution in [-0.2, 0) is 21.4 Å². The monoisotopic (exact) mass is 481 g/mol. The van der Waals surface area contributed by atoms with Crippen molar-refractivity contribution in [2.75, 3.05) is 7.11 Å². The second kappa shape index (κ2) is 9.28. The minimum atomic E-state index is -3.92. The second-order valence-corrected chi connectivity index (χ2v) is 9.65. The molecule has 0 fully saturated rings. The molecule has 4 aromatic rings. The molecule has 1 heterocycles. The summed E-state index contributed by atoms with van der Waals surface area (Å²) in [5, 5.41) is 2.47. The highest BCUT2D eigenvalue weighted by Gasteiger charge is 2.23. The number of hydrogen-bond acceptors (Lipinski definition) is 7. The smallest absolute Gasteiger partial charge is 0.338 e. The van der Waals surface area contributed by atoms with Crippen molar-refractivity contribution in [2.24, 2.45) is 0 Å². The third-order valence-corrected chi connectivity index (χ3v) is 6.83. The quantitative estimate of drug-likeness (QED) is 0.241. The van der Waals surface area contributed by atoms with E-state index in [4.69, 9.17) is 13.9 Å². The molecular weight excluding hydrogens is 458 g/mol. The normalized spacial score (nSPS) is 11.8. The molecule has 0 unspecified atom stereocenters. The van der Waals surface area contributed by atoms with Crippen LogP contribution in [0.25, 0.3) is 21.7 Å². The molecule has 0 aliphatic rings. The van der Waals surface area contributed by atoms with E-state index in [0.717, 1.165) is 10.8 Å². The highest BCUT2D eigenvalue weighted by Crippen LogP contribution is 2.29. The predicted molar refractivity (Wildman–Crippen MR) is 128 cm³/mol. The minimum absolute atomic E-state index is 0.0297. The van der Waals surface area contributed by atoms with E-state index >= 15 is 0 Å². The van der Waals surface area contributed by atoms with Crippen molar-refractivity contribution in [2.45, 2.75) is 31.4 Å². The molecule has 34 heavy (non-hydrogen) atoms. The van der Waals surface area contributed by atoms with Crippen LogP contribution in [0.3, 0.4) is 0 Å². The molecule has 0 radical (unpaired) electrons. The van der Waals surface area contributed by atoms with Crippen molar-refractivity contribution in [3.8, 4) is 5.75 Å². The highest BCUT2D eigenvalue weighted by molar-refractivity contribution is 7.89. The van der Waals surface area contributed by atoms with E-state index in [1.807, 2.05) is 30.3 Å². The van der Waals surface area contributed by atoms with E-state index in [0.29, 0.717) is 16.5 Å². The molecule has 1 N–H and O–H groups in total. The van der Waals surface area contributed by atoms with E-state index in [-0.39, 0.29) is 28.9 Å². The van der Waals surface area contributed by atoms with Gasteiger partial charge in [0, 0.05) is 23.1 Å². The lowest BCUT2D eigenvalue weighted by atomic mass is 10.0. The van der Waals surface area contributed by atoms with Gasteiger partial charge in [-0.1, -0.05) is 30.3 Å². The Morgan fingerprint density at radius 1 is 1.06 bits per heavy atom. The lowest BCUT2D eigenvalue weighted by Gasteiger charge is -2.14. The zero-order chi connectivity index (χ0) is 24.5. The van der Waals surface area contributed by atoms with Gasteiger partial charge in [-0.2, -0.15) is 0 Å². The molecule has 3 aromatic carbocycles. The molecule has 0 amide bonds. The molecule has 9 heteroatoms. The summed E-state index contributed by atoms with van der Waals surface area (Å²) in [7, 11) is -2.58. The fourth-order valence-electron chi connectivity index (χ4n) is 3.75. The van der Waals surface area contributed by atoms with Gasteiger partial charge in [0.25, 0.3) is 0 Å². The minimum Gasteiger partial charge on any atom is -0.495 e. The van der Waals surface area contributed by atoms with Crippen LogP contribution in [0.5, 0.6) is 5.75 Å². The maximum atomic E-state index is 12.8. The average Bonchev–Trinajstić information content (AvgIpc) is 2.80. The molecule has 0 aliphatic heterocycles. The van der Waals surface area contributed by atoms with Crippen LogP contribution < -0.4 is 15.1 Å². The number of benzene rings is 3. The van der Waals surface area contributed by atoms with Crippen molar-refractivity contribution in [3.63, 3.8) is 0 Å². The van der Waals surface area contributed by atoms with Crippen LogP contribution in [0.2, 0.25) is 0 Å². The number of esters is 1. The molecule has 0 saturated heterocycles. The van der Waals surface area contributed by atoms with Gasteiger partial charge in [-0.25, -0.2) is 22.7 Å². The molecule has 176 valence electrons. The van der Waals surface area contributed by atoms with Gasteiger partial charge < -0.3 is 13.9 Å². The topological polar surface area (TPSA) is 112 Å². The van der Waals surface area contributed by atoms with Crippen molar-refractivity contribution in [1.82, 2.24) is 4.72 Å². The molecule has 4 rings (SSSR count). The molecule has 8 nitrogen and oxygen atoms in total. The number of methoxy groups -OCH3 is 1. The Labute approximate surface area is 196 Å². The van der Waals surface area contributed by atoms with Crippen LogP contribution in [0, 0.1) is 0 Å². The van der Waals surface area contributed by atoms with Gasteiger partial charge in [0.2, 0.25) is 10.0 Å². The SMILES string of the molecule is COc1ccc(C(=O)OCc2cc(=O)oc3ccc4ccccc4c23)cc1S(=O)(=O)NC(C)C. The van der Waals surface area contributed by atoms with Gasteiger partial charge in [0.05, 0.1) is 12.7 Å². The molecular formula is C25H23NO7S. The fourth-order valence-corrected chi connectivity index (χ4v) is 5.19. The lowest BCUT2D eigenvalue weighted by molar-refractivity contribution is 0.0473. The van der Waals surface area contributed by atoms with Gasteiger partial charge in [-0.3, -0.25) is 0 Å². The van der Waals surface area contributed by atoms with Crippen LogP contribution >= 0.6 is 0 Å². The Hall–Kier alpha value is -3.69. The molecule has 0 atom stereocenters. The summed E-state index contributed by atoms with van der Waals surface area (Å²) in [6.45, 7) is 3.17. The first-order valence-corrected chi connectivity index (χ1v) is 12.0. The van der Waals surface area contributed by atoms with E-state index in [2.05, 4.69) is 4.72 Å². The zero-order valence-corrected chi connectivity index (χ0v) is 19.6. The first kappa shape index (κ1) is 23.5. The lowest BCUT2D eigenvalue weighted by Crippen LogP contribution is -2.30. The third kappa shape index (κ3) is 4.66. The number of carbonyl (C=O) groups is 1. The molecule has 1 aromatic heterocycles. The van der Waals surface area contributed by atoms with Crippen molar-refractivity contribution < 1.29 is 27.1 Å². The van der Waals surface area contributed by atoms with Gasteiger partial charge in [-0.05, 0) is 48.9 Å².